The molecule has 43 heavy (non-hydrogen) atoms. The number of rotatable bonds is 5. The van der Waals surface area contributed by atoms with Crippen LogP contribution < -0.4 is 5.32 Å². The summed E-state index contributed by atoms with van der Waals surface area (Å²) in [6.45, 7) is 2.22. The van der Waals surface area contributed by atoms with Crippen molar-refractivity contribution >= 4 is 17.5 Å². The van der Waals surface area contributed by atoms with Crippen molar-refractivity contribution in [2.45, 2.75) is 38.3 Å². The fourth-order valence-corrected chi connectivity index (χ4v) is 4.17. The molecule has 3 heterocycles. The molecule has 2 N–H and O–H groups in total. The largest absolute Gasteiger partial charge is 0.509 e. The molecule has 0 radical (unpaired) electrons. The number of halogens is 8. The minimum Gasteiger partial charge on any atom is -0.509 e. The number of nitrogens with zero attached hydrogens (tertiary/aromatic N) is 4. The highest BCUT2D eigenvalue weighted by Crippen LogP contribution is 2.37. The van der Waals surface area contributed by atoms with E-state index in [9.17, 15) is 49.8 Å². The van der Waals surface area contributed by atoms with Gasteiger partial charge in [0, 0.05) is 24.4 Å². The molecule has 2 amide bonds. The van der Waals surface area contributed by atoms with Crippen LogP contribution in [0.4, 0.5) is 40.8 Å². The lowest BCUT2D eigenvalue weighted by Crippen LogP contribution is -2.60. The Morgan fingerprint density at radius 3 is 2.19 bits per heavy atom. The first-order valence-corrected chi connectivity index (χ1v) is 12.2. The number of pyridine rings is 2. The Morgan fingerprint density at radius 1 is 0.977 bits per heavy atom. The Labute approximate surface area is 238 Å². The van der Waals surface area contributed by atoms with Crippen molar-refractivity contribution in [2.75, 3.05) is 12.4 Å². The van der Waals surface area contributed by atoms with E-state index in [1.165, 1.54) is 38.0 Å². The van der Waals surface area contributed by atoms with Crippen molar-refractivity contribution in [1.29, 1.82) is 0 Å². The lowest BCUT2D eigenvalue weighted by Gasteiger charge is -2.46. The molecule has 0 bridgehead atoms. The van der Waals surface area contributed by atoms with E-state index in [1.807, 2.05) is 0 Å². The van der Waals surface area contributed by atoms with Crippen LogP contribution in [0.25, 0.3) is 11.3 Å². The predicted molar refractivity (Wildman–Crippen MR) is 135 cm³/mol. The molecule has 1 aromatic carbocycles. The minimum absolute atomic E-state index is 0.263. The normalized spacial score (nSPS) is 16.1. The zero-order valence-corrected chi connectivity index (χ0v) is 22.4. The number of aliphatic hydroxyl groups is 1. The van der Waals surface area contributed by atoms with Crippen molar-refractivity contribution in [3.05, 3.63) is 88.6 Å². The number of hydrogen-bond acceptors (Lipinski definition) is 6. The van der Waals surface area contributed by atoms with Gasteiger partial charge in [-0.25, -0.2) is 18.8 Å². The number of alkyl halides is 6. The Morgan fingerprint density at radius 2 is 1.60 bits per heavy atom. The summed E-state index contributed by atoms with van der Waals surface area (Å²) in [5, 5.41) is 15.2. The molecule has 228 valence electrons. The van der Waals surface area contributed by atoms with Crippen molar-refractivity contribution in [3.63, 3.8) is 0 Å². The summed E-state index contributed by atoms with van der Waals surface area (Å²) in [4.78, 5) is 33.5. The monoisotopic (exact) mass is 615 g/mol. The summed E-state index contributed by atoms with van der Waals surface area (Å²) in [6.07, 6.45) is -9.21. The van der Waals surface area contributed by atoms with Gasteiger partial charge in [-0.15, -0.1) is 0 Å². The van der Waals surface area contributed by atoms with Crippen molar-refractivity contribution in [1.82, 2.24) is 20.0 Å². The van der Waals surface area contributed by atoms with Crippen LogP contribution in [-0.2, 0) is 28.5 Å². The third-order valence-corrected chi connectivity index (χ3v) is 6.78. The average Bonchev–Trinajstić information content (AvgIpc) is 2.92. The molecule has 0 atom stereocenters. The standard InChI is InChI=1S/C27H21F8N5O3/c1-25(2)22(41)19(24(43)40(39(25)3)12-14-5-4-6-15(28)20(14)29)23(42)37-16-8-10-18(27(33,34)35)38-21(16)13-7-9-17(36-11-13)26(30,31)32/h4-11,41H,12H2,1-3H3,(H,37,42). The number of aliphatic hydroxyl groups excluding tert-OH is 1. The van der Waals surface area contributed by atoms with Gasteiger partial charge in [0.25, 0.3) is 11.8 Å². The zero-order valence-electron chi connectivity index (χ0n) is 22.4. The molecule has 4 rings (SSSR count). The van der Waals surface area contributed by atoms with Gasteiger partial charge in [-0.1, -0.05) is 12.1 Å². The Hall–Kier alpha value is -4.60. The molecule has 8 nitrogen and oxygen atoms in total. The SMILES string of the molecule is CN1N(Cc2cccc(F)c2F)C(=O)C(C(=O)Nc2ccc(C(F)(F)F)nc2-c2ccc(C(F)(F)F)nc2)=C(O)C1(C)C. The molecular formula is C27H21F8N5O3. The van der Waals surface area contributed by atoms with E-state index in [2.05, 4.69) is 15.3 Å². The second-order valence-electron chi connectivity index (χ2n) is 9.86. The Balaban J connectivity index is 1.75. The second kappa shape index (κ2) is 10.9. The molecule has 0 fully saturated rings. The summed E-state index contributed by atoms with van der Waals surface area (Å²) < 4.78 is 107. The number of benzene rings is 1. The summed E-state index contributed by atoms with van der Waals surface area (Å²) in [6, 6.07) is 5.81. The molecule has 0 saturated carbocycles. The van der Waals surface area contributed by atoms with E-state index in [0.29, 0.717) is 18.3 Å². The van der Waals surface area contributed by atoms with E-state index in [-0.39, 0.29) is 11.1 Å². The molecule has 1 aliphatic rings. The minimum atomic E-state index is -4.97. The number of amides is 2. The quantitative estimate of drug-likeness (QED) is 0.275. The van der Waals surface area contributed by atoms with E-state index in [4.69, 9.17) is 0 Å². The van der Waals surface area contributed by atoms with E-state index < -0.39 is 82.0 Å². The van der Waals surface area contributed by atoms with E-state index in [0.717, 1.165) is 23.2 Å². The van der Waals surface area contributed by atoms with Crippen molar-refractivity contribution in [2.24, 2.45) is 0 Å². The fourth-order valence-electron chi connectivity index (χ4n) is 4.17. The molecule has 1 aliphatic heterocycles. The first-order valence-electron chi connectivity index (χ1n) is 12.2. The average molecular weight is 615 g/mol. The number of hydrazine groups is 1. The van der Waals surface area contributed by atoms with Gasteiger partial charge in [0.2, 0.25) is 0 Å². The number of likely N-dealkylation sites (N-methyl/N-ethyl adjacent to an activating group) is 1. The van der Waals surface area contributed by atoms with Gasteiger partial charge in [0.1, 0.15) is 22.7 Å². The highest BCUT2D eigenvalue weighted by molar-refractivity contribution is 6.24. The van der Waals surface area contributed by atoms with Crippen LogP contribution in [0.3, 0.4) is 0 Å². The molecule has 2 aromatic heterocycles. The van der Waals surface area contributed by atoms with Gasteiger partial charge < -0.3 is 10.4 Å². The topological polar surface area (TPSA) is 98.7 Å². The lowest BCUT2D eigenvalue weighted by atomic mass is 9.93. The van der Waals surface area contributed by atoms with Crippen LogP contribution in [-0.4, -0.2) is 49.5 Å². The smallest absolute Gasteiger partial charge is 0.433 e. The third-order valence-electron chi connectivity index (χ3n) is 6.78. The molecule has 0 unspecified atom stereocenters. The van der Waals surface area contributed by atoms with Gasteiger partial charge >= 0.3 is 12.4 Å². The first-order chi connectivity index (χ1) is 19.8. The van der Waals surface area contributed by atoms with Crippen LogP contribution in [0, 0.1) is 11.6 Å². The zero-order chi connectivity index (χ0) is 32.1. The van der Waals surface area contributed by atoms with Crippen molar-refractivity contribution in [3.8, 4) is 11.3 Å². The van der Waals surface area contributed by atoms with Gasteiger partial charge in [-0.3, -0.25) is 19.6 Å². The second-order valence-corrected chi connectivity index (χ2v) is 9.86. The lowest BCUT2D eigenvalue weighted by molar-refractivity contribution is -0.160. The first kappa shape index (κ1) is 31.3. The van der Waals surface area contributed by atoms with Crippen LogP contribution in [0.5, 0.6) is 0 Å². The maximum Gasteiger partial charge on any atom is 0.433 e. The third kappa shape index (κ3) is 6.00. The Kier molecular flexibility index (Phi) is 7.95. The molecule has 0 aliphatic carbocycles. The highest BCUT2D eigenvalue weighted by Gasteiger charge is 2.46. The Bertz CT molecular complexity index is 1620. The number of aromatic nitrogens is 2. The maximum absolute atomic E-state index is 14.4. The van der Waals surface area contributed by atoms with E-state index >= 15 is 0 Å². The van der Waals surface area contributed by atoms with Gasteiger partial charge in [-0.2, -0.15) is 26.3 Å². The molecule has 3 aromatic rings. The molecular weight excluding hydrogens is 594 g/mol. The van der Waals surface area contributed by atoms with E-state index in [1.54, 1.807) is 0 Å². The number of carbonyl (C=O) groups is 2. The molecule has 16 heteroatoms. The van der Waals surface area contributed by atoms with Gasteiger partial charge in [0.05, 0.1) is 23.5 Å². The molecule has 0 spiro atoms. The van der Waals surface area contributed by atoms with Crippen LogP contribution >= 0.6 is 0 Å². The summed E-state index contributed by atoms with van der Waals surface area (Å²) in [7, 11) is 1.34. The van der Waals surface area contributed by atoms with Crippen molar-refractivity contribution < 1.29 is 49.8 Å². The summed E-state index contributed by atoms with van der Waals surface area (Å²) in [5.74, 6) is -5.70. The van der Waals surface area contributed by atoms with Gasteiger partial charge in [-0.05, 0) is 44.2 Å². The predicted octanol–water partition coefficient (Wildman–Crippen LogP) is 5.88. The number of carbonyl (C=O) groups excluding carboxylic acids is 2. The number of hydrogen-bond donors (Lipinski definition) is 2. The number of anilines is 1. The summed E-state index contributed by atoms with van der Waals surface area (Å²) in [5.41, 5.74) is -6.85. The summed E-state index contributed by atoms with van der Waals surface area (Å²) >= 11 is 0. The van der Waals surface area contributed by atoms with Gasteiger partial charge in [0.15, 0.2) is 11.6 Å². The number of nitrogens with one attached hydrogen (secondary N) is 1. The fraction of sp³-hybridized carbons (Fsp3) is 0.259. The van der Waals surface area contributed by atoms with Crippen LogP contribution in [0.15, 0.2) is 60.0 Å². The molecule has 0 saturated heterocycles. The van der Waals surface area contributed by atoms with Crippen LogP contribution in [0.2, 0.25) is 0 Å². The highest BCUT2D eigenvalue weighted by atomic mass is 19.4. The maximum atomic E-state index is 14.4. The van der Waals surface area contributed by atoms with Crippen LogP contribution in [0.1, 0.15) is 30.8 Å².